The number of esters is 1. The van der Waals surface area contributed by atoms with E-state index in [1.165, 1.54) is 24.7 Å². The van der Waals surface area contributed by atoms with E-state index in [1.54, 1.807) is 6.07 Å². The Hall–Kier alpha value is -2.36. The first-order valence-corrected chi connectivity index (χ1v) is 8.06. The lowest BCUT2D eigenvalue weighted by atomic mass is 10.0. The second kappa shape index (κ2) is 5.37. The average molecular weight is 308 g/mol. The van der Waals surface area contributed by atoms with Crippen molar-refractivity contribution in [1.82, 2.24) is 4.98 Å². The van der Waals surface area contributed by atoms with Gasteiger partial charge in [0.05, 0.1) is 18.4 Å². The molecule has 23 heavy (non-hydrogen) atoms. The van der Waals surface area contributed by atoms with Gasteiger partial charge < -0.3 is 10.1 Å². The van der Waals surface area contributed by atoms with Gasteiger partial charge >= 0.3 is 5.97 Å². The molecule has 3 atom stereocenters. The number of nitrogens with one attached hydrogen (secondary N) is 1. The maximum Gasteiger partial charge on any atom is 0.339 e. The molecule has 1 fully saturated rings. The van der Waals surface area contributed by atoms with Gasteiger partial charge in [-0.25, -0.2) is 9.78 Å². The quantitative estimate of drug-likeness (QED) is 0.881. The molecular formula is C19H20N2O2. The van der Waals surface area contributed by atoms with Crippen LogP contribution in [0.5, 0.6) is 0 Å². The number of ether oxygens (including phenoxy) is 1. The molecule has 0 bridgehead atoms. The van der Waals surface area contributed by atoms with Gasteiger partial charge in [0.25, 0.3) is 0 Å². The number of hydrogen-bond acceptors (Lipinski definition) is 4. The van der Waals surface area contributed by atoms with Crippen LogP contribution in [0.4, 0.5) is 5.82 Å². The Kier molecular flexibility index (Phi) is 3.33. The van der Waals surface area contributed by atoms with Crippen molar-refractivity contribution in [2.24, 2.45) is 11.8 Å². The molecule has 0 radical (unpaired) electrons. The van der Waals surface area contributed by atoms with Crippen LogP contribution in [0.25, 0.3) is 0 Å². The second-order valence-corrected chi connectivity index (χ2v) is 6.46. The van der Waals surface area contributed by atoms with Crippen molar-refractivity contribution in [2.45, 2.75) is 19.3 Å². The number of methoxy groups -OCH3 is 1. The number of pyridine rings is 1. The maximum absolute atomic E-state index is 11.6. The lowest BCUT2D eigenvalue weighted by molar-refractivity contribution is 0.0599. The van der Waals surface area contributed by atoms with Gasteiger partial charge in [-0.05, 0) is 54.4 Å². The molecule has 0 amide bonds. The van der Waals surface area contributed by atoms with Crippen LogP contribution in [0, 0.1) is 18.8 Å². The van der Waals surface area contributed by atoms with E-state index in [0.717, 1.165) is 18.3 Å². The summed E-state index contributed by atoms with van der Waals surface area (Å²) in [6.07, 6.45) is 1.21. The number of aryl methyl sites for hydroxylation is 1. The van der Waals surface area contributed by atoms with Gasteiger partial charge in [0.15, 0.2) is 0 Å². The zero-order valence-electron chi connectivity index (χ0n) is 13.4. The van der Waals surface area contributed by atoms with E-state index in [9.17, 15) is 4.79 Å². The predicted octanol–water partition coefficient (Wildman–Crippen LogP) is 3.17. The Morgan fingerprint density at radius 1 is 1.30 bits per heavy atom. The van der Waals surface area contributed by atoms with E-state index in [0.29, 0.717) is 23.1 Å². The third-order valence-electron chi connectivity index (χ3n) is 5.21. The first-order valence-electron chi connectivity index (χ1n) is 8.06. The van der Waals surface area contributed by atoms with Gasteiger partial charge in [-0.2, -0.15) is 0 Å². The number of aromatic nitrogens is 1. The van der Waals surface area contributed by atoms with Gasteiger partial charge in [0.2, 0.25) is 0 Å². The van der Waals surface area contributed by atoms with E-state index < -0.39 is 0 Å². The fraction of sp³-hybridized carbons (Fsp3) is 0.368. The fourth-order valence-corrected chi connectivity index (χ4v) is 3.97. The van der Waals surface area contributed by atoms with Crippen molar-refractivity contribution in [3.63, 3.8) is 0 Å². The maximum atomic E-state index is 11.6. The molecule has 118 valence electrons. The Bertz CT molecular complexity index is 772. The smallest absolute Gasteiger partial charge is 0.339 e. The van der Waals surface area contributed by atoms with Crippen LogP contribution in [0.15, 0.2) is 36.4 Å². The summed E-state index contributed by atoms with van der Waals surface area (Å²) in [5, 5.41) is 3.43. The number of hydrogen-bond donors (Lipinski definition) is 1. The summed E-state index contributed by atoms with van der Waals surface area (Å²) >= 11 is 0. The molecule has 0 aliphatic heterocycles. The Morgan fingerprint density at radius 3 is 2.91 bits per heavy atom. The summed E-state index contributed by atoms with van der Waals surface area (Å²) in [6.45, 7) is 2.77. The minimum absolute atomic E-state index is 0.338. The van der Waals surface area contributed by atoms with Crippen LogP contribution >= 0.6 is 0 Å². The monoisotopic (exact) mass is 308 g/mol. The lowest BCUT2D eigenvalue weighted by Gasteiger charge is -2.11. The van der Waals surface area contributed by atoms with E-state index in [1.807, 2.05) is 13.0 Å². The van der Waals surface area contributed by atoms with Crippen molar-refractivity contribution < 1.29 is 9.53 Å². The van der Waals surface area contributed by atoms with Gasteiger partial charge in [-0.15, -0.1) is 0 Å². The Balaban J connectivity index is 1.40. The van der Waals surface area contributed by atoms with Crippen molar-refractivity contribution in [3.05, 3.63) is 58.8 Å². The summed E-state index contributed by atoms with van der Waals surface area (Å²) in [6, 6.07) is 12.4. The van der Waals surface area contributed by atoms with E-state index in [-0.39, 0.29) is 5.97 Å². The molecule has 2 aliphatic carbocycles. The largest absolute Gasteiger partial charge is 0.465 e. The molecule has 4 nitrogen and oxygen atoms in total. The first-order chi connectivity index (χ1) is 11.2. The number of carbonyl (C=O) groups is 1. The van der Waals surface area contributed by atoms with E-state index >= 15 is 0 Å². The Labute approximate surface area is 135 Å². The number of fused-ring (bicyclic) bond motifs is 3. The number of nitrogens with zero attached hydrogens (tertiary/aromatic N) is 1. The number of benzene rings is 1. The van der Waals surface area contributed by atoms with Crippen molar-refractivity contribution in [2.75, 3.05) is 19.0 Å². The minimum atomic E-state index is -0.338. The first kappa shape index (κ1) is 14.2. The lowest BCUT2D eigenvalue weighted by Crippen LogP contribution is -2.11. The topological polar surface area (TPSA) is 51.2 Å². The molecule has 0 saturated heterocycles. The average Bonchev–Trinajstić information content (AvgIpc) is 3.10. The van der Waals surface area contributed by atoms with Crippen LogP contribution in [0.2, 0.25) is 0 Å². The third-order valence-corrected chi connectivity index (χ3v) is 5.21. The second-order valence-electron chi connectivity index (χ2n) is 6.46. The SMILES string of the molecule is COC(=O)c1ccc(NCC2C3Cc4ccccc4C23)nc1C. The van der Waals surface area contributed by atoms with Gasteiger partial charge in [0.1, 0.15) is 5.82 Å². The molecule has 2 aliphatic rings. The normalized spacial score (nSPS) is 23.8. The molecule has 1 saturated carbocycles. The van der Waals surface area contributed by atoms with Crippen LogP contribution in [0.3, 0.4) is 0 Å². The molecule has 3 unspecified atom stereocenters. The van der Waals surface area contributed by atoms with Crippen LogP contribution < -0.4 is 5.32 Å². The highest BCUT2D eigenvalue weighted by molar-refractivity contribution is 5.90. The highest BCUT2D eigenvalue weighted by atomic mass is 16.5. The molecular weight excluding hydrogens is 288 g/mol. The standard InChI is InChI=1S/C19H20N2O2/c1-11-13(19(22)23-2)7-8-17(21-11)20-10-16-15-9-12-5-3-4-6-14(12)18(15)16/h3-8,15-16,18H,9-10H2,1-2H3,(H,20,21). The molecule has 4 heteroatoms. The molecule has 2 aromatic rings. The van der Waals surface area contributed by atoms with Crippen LogP contribution in [0.1, 0.15) is 33.1 Å². The highest BCUT2D eigenvalue weighted by Crippen LogP contribution is 2.61. The summed E-state index contributed by atoms with van der Waals surface area (Å²) in [7, 11) is 1.39. The van der Waals surface area contributed by atoms with Crippen molar-refractivity contribution >= 4 is 11.8 Å². The highest BCUT2D eigenvalue weighted by Gasteiger charge is 2.54. The van der Waals surface area contributed by atoms with Crippen molar-refractivity contribution in [3.8, 4) is 0 Å². The molecule has 0 spiro atoms. The zero-order valence-corrected chi connectivity index (χ0v) is 13.4. The summed E-state index contributed by atoms with van der Waals surface area (Å²) < 4.78 is 4.75. The van der Waals surface area contributed by atoms with E-state index in [2.05, 4.69) is 34.6 Å². The van der Waals surface area contributed by atoms with Gasteiger partial charge in [-0.1, -0.05) is 24.3 Å². The predicted molar refractivity (Wildman–Crippen MR) is 88.7 cm³/mol. The summed E-state index contributed by atoms with van der Waals surface area (Å²) in [4.78, 5) is 16.1. The summed E-state index contributed by atoms with van der Waals surface area (Å²) in [5.41, 5.74) is 4.28. The number of carbonyl (C=O) groups excluding carboxylic acids is 1. The summed E-state index contributed by atoms with van der Waals surface area (Å²) in [5.74, 6) is 2.69. The minimum Gasteiger partial charge on any atom is -0.465 e. The number of anilines is 1. The van der Waals surface area contributed by atoms with Gasteiger partial charge in [0, 0.05) is 6.54 Å². The van der Waals surface area contributed by atoms with Gasteiger partial charge in [-0.3, -0.25) is 0 Å². The molecule has 1 aromatic heterocycles. The molecule has 1 aromatic carbocycles. The third kappa shape index (κ3) is 2.38. The van der Waals surface area contributed by atoms with Crippen molar-refractivity contribution in [1.29, 1.82) is 0 Å². The van der Waals surface area contributed by atoms with Crippen LogP contribution in [-0.2, 0) is 11.2 Å². The Morgan fingerprint density at radius 2 is 2.13 bits per heavy atom. The zero-order chi connectivity index (χ0) is 16.0. The molecule has 1 N–H and O–H groups in total. The molecule has 1 heterocycles. The fourth-order valence-electron chi connectivity index (χ4n) is 3.97. The number of rotatable bonds is 4. The molecule has 4 rings (SSSR count). The van der Waals surface area contributed by atoms with Crippen LogP contribution in [-0.4, -0.2) is 24.6 Å². The van der Waals surface area contributed by atoms with E-state index in [4.69, 9.17) is 4.74 Å².